The molecule has 0 unspecified atom stereocenters. The first-order valence-corrected chi connectivity index (χ1v) is 9.16. The van der Waals surface area contributed by atoms with E-state index in [9.17, 15) is 4.79 Å². The first kappa shape index (κ1) is 16.3. The number of benzene rings is 2. The second-order valence-corrected chi connectivity index (χ2v) is 6.91. The third-order valence-electron chi connectivity index (χ3n) is 3.99. The Kier molecular flexibility index (Phi) is 4.37. The molecule has 0 aliphatic rings. The molecule has 0 saturated carbocycles. The van der Waals surface area contributed by atoms with Gasteiger partial charge in [0.2, 0.25) is 0 Å². The van der Waals surface area contributed by atoms with E-state index in [0.717, 1.165) is 27.5 Å². The molecule has 4 rings (SSSR count). The van der Waals surface area contributed by atoms with E-state index in [-0.39, 0.29) is 5.91 Å². The third-order valence-corrected chi connectivity index (χ3v) is 4.88. The Morgan fingerprint density at radius 2 is 1.85 bits per heavy atom. The van der Waals surface area contributed by atoms with Crippen LogP contribution in [0.3, 0.4) is 0 Å². The molecule has 0 bridgehead atoms. The van der Waals surface area contributed by atoms with Gasteiger partial charge in [0, 0.05) is 5.69 Å². The predicted octanol–water partition coefficient (Wildman–Crippen LogP) is 5.16. The summed E-state index contributed by atoms with van der Waals surface area (Å²) in [5, 5.41) is 9.64. The van der Waals surface area contributed by atoms with Gasteiger partial charge in [0.15, 0.2) is 0 Å². The Balaban J connectivity index is 1.75. The van der Waals surface area contributed by atoms with Gasteiger partial charge in [-0.3, -0.25) is 4.79 Å². The SMILES string of the molecule is Cc1cccc(NC(=O)c2cc(-c3cccs3)nn2-c2ccccc2)c1. The van der Waals surface area contributed by atoms with Crippen molar-refractivity contribution in [2.45, 2.75) is 6.92 Å². The molecule has 5 heteroatoms. The van der Waals surface area contributed by atoms with Gasteiger partial charge in [-0.25, -0.2) is 4.68 Å². The highest BCUT2D eigenvalue weighted by atomic mass is 32.1. The molecule has 4 aromatic rings. The number of carbonyl (C=O) groups is 1. The van der Waals surface area contributed by atoms with Crippen LogP contribution in [0.1, 0.15) is 16.1 Å². The van der Waals surface area contributed by atoms with Crippen molar-refractivity contribution in [3.63, 3.8) is 0 Å². The van der Waals surface area contributed by atoms with E-state index in [0.29, 0.717) is 5.69 Å². The van der Waals surface area contributed by atoms with Crippen LogP contribution in [0, 0.1) is 6.92 Å². The number of aryl methyl sites for hydroxylation is 1. The monoisotopic (exact) mass is 359 g/mol. The molecule has 4 nitrogen and oxygen atoms in total. The van der Waals surface area contributed by atoms with Gasteiger partial charge in [-0.2, -0.15) is 5.10 Å². The molecule has 0 atom stereocenters. The fourth-order valence-corrected chi connectivity index (χ4v) is 3.45. The number of carbonyl (C=O) groups excluding carboxylic acids is 1. The van der Waals surface area contributed by atoms with Gasteiger partial charge in [-0.05, 0) is 54.3 Å². The molecule has 26 heavy (non-hydrogen) atoms. The first-order chi connectivity index (χ1) is 12.7. The molecule has 0 spiro atoms. The summed E-state index contributed by atoms with van der Waals surface area (Å²) in [4.78, 5) is 14.0. The smallest absolute Gasteiger partial charge is 0.274 e. The zero-order valence-corrected chi connectivity index (χ0v) is 15.0. The van der Waals surface area contributed by atoms with Crippen LogP contribution in [0.5, 0.6) is 0 Å². The Morgan fingerprint density at radius 1 is 1.00 bits per heavy atom. The molecule has 2 heterocycles. The van der Waals surface area contributed by atoms with Crippen LogP contribution in [0.15, 0.2) is 78.2 Å². The Bertz CT molecular complexity index is 1040. The van der Waals surface area contributed by atoms with Gasteiger partial charge < -0.3 is 5.32 Å². The lowest BCUT2D eigenvalue weighted by molar-refractivity contribution is 0.101. The summed E-state index contributed by atoms with van der Waals surface area (Å²) >= 11 is 1.60. The molecule has 0 fully saturated rings. The second-order valence-electron chi connectivity index (χ2n) is 5.96. The summed E-state index contributed by atoms with van der Waals surface area (Å²) in [5.74, 6) is -0.185. The quantitative estimate of drug-likeness (QED) is 0.547. The molecule has 2 aromatic carbocycles. The standard InChI is InChI=1S/C21H17N3OS/c1-15-7-5-8-16(13-15)22-21(25)19-14-18(20-11-6-12-26-20)23-24(19)17-9-3-2-4-10-17/h2-14H,1H3,(H,22,25). The maximum atomic E-state index is 12.9. The Morgan fingerprint density at radius 3 is 2.58 bits per heavy atom. The van der Waals surface area contributed by atoms with Crippen molar-refractivity contribution < 1.29 is 4.79 Å². The molecule has 2 aromatic heterocycles. The number of hydrogen-bond donors (Lipinski definition) is 1. The molecule has 0 aliphatic heterocycles. The molecule has 0 aliphatic carbocycles. The van der Waals surface area contributed by atoms with E-state index in [4.69, 9.17) is 0 Å². The summed E-state index contributed by atoms with van der Waals surface area (Å²) < 4.78 is 1.69. The zero-order chi connectivity index (χ0) is 17.9. The number of hydrogen-bond acceptors (Lipinski definition) is 3. The van der Waals surface area contributed by atoms with Gasteiger partial charge in [0.1, 0.15) is 11.4 Å². The van der Waals surface area contributed by atoms with Crippen LogP contribution in [-0.2, 0) is 0 Å². The van der Waals surface area contributed by atoms with Gasteiger partial charge in [-0.15, -0.1) is 11.3 Å². The van der Waals surface area contributed by atoms with Crippen molar-refractivity contribution in [1.29, 1.82) is 0 Å². The number of thiophene rings is 1. The van der Waals surface area contributed by atoms with Crippen LogP contribution in [0.4, 0.5) is 5.69 Å². The van der Waals surface area contributed by atoms with Gasteiger partial charge in [0.05, 0.1) is 10.6 Å². The number of rotatable bonds is 4. The number of para-hydroxylation sites is 1. The summed E-state index contributed by atoms with van der Waals surface area (Å²) in [6, 6.07) is 23.3. The second kappa shape index (κ2) is 6.98. The average molecular weight is 359 g/mol. The lowest BCUT2D eigenvalue weighted by atomic mass is 10.2. The predicted molar refractivity (Wildman–Crippen MR) is 106 cm³/mol. The molecule has 128 valence electrons. The van der Waals surface area contributed by atoms with E-state index in [2.05, 4.69) is 10.4 Å². The minimum Gasteiger partial charge on any atom is -0.321 e. The van der Waals surface area contributed by atoms with E-state index in [1.807, 2.05) is 85.1 Å². The lowest BCUT2D eigenvalue weighted by Gasteiger charge is -2.08. The zero-order valence-electron chi connectivity index (χ0n) is 14.2. The summed E-state index contributed by atoms with van der Waals surface area (Å²) in [6.07, 6.45) is 0. The topological polar surface area (TPSA) is 46.9 Å². The van der Waals surface area contributed by atoms with E-state index >= 15 is 0 Å². The Hall–Kier alpha value is -3.18. The van der Waals surface area contributed by atoms with E-state index < -0.39 is 0 Å². The number of anilines is 1. The minimum absolute atomic E-state index is 0.185. The number of nitrogens with one attached hydrogen (secondary N) is 1. The van der Waals surface area contributed by atoms with Gasteiger partial charge >= 0.3 is 0 Å². The molecule has 0 radical (unpaired) electrons. The highest BCUT2D eigenvalue weighted by Gasteiger charge is 2.18. The minimum atomic E-state index is -0.185. The van der Waals surface area contributed by atoms with Crippen molar-refractivity contribution in [2.75, 3.05) is 5.32 Å². The van der Waals surface area contributed by atoms with Gasteiger partial charge in [0.25, 0.3) is 5.91 Å². The number of nitrogens with zero attached hydrogens (tertiary/aromatic N) is 2. The fraction of sp³-hybridized carbons (Fsp3) is 0.0476. The van der Waals surface area contributed by atoms with Crippen molar-refractivity contribution in [1.82, 2.24) is 9.78 Å². The molecular weight excluding hydrogens is 342 g/mol. The normalized spacial score (nSPS) is 10.7. The van der Waals surface area contributed by atoms with Crippen molar-refractivity contribution in [3.8, 4) is 16.3 Å². The average Bonchev–Trinajstić information content (AvgIpc) is 3.32. The maximum absolute atomic E-state index is 12.9. The maximum Gasteiger partial charge on any atom is 0.274 e. The summed E-state index contributed by atoms with van der Waals surface area (Å²) in [7, 11) is 0. The fourth-order valence-electron chi connectivity index (χ4n) is 2.77. The van der Waals surface area contributed by atoms with Crippen LogP contribution in [0.25, 0.3) is 16.3 Å². The van der Waals surface area contributed by atoms with Crippen molar-refractivity contribution in [2.24, 2.45) is 0 Å². The summed E-state index contributed by atoms with van der Waals surface area (Å²) in [5.41, 5.74) is 4.01. The largest absolute Gasteiger partial charge is 0.321 e. The number of aromatic nitrogens is 2. The first-order valence-electron chi connectivity index (χ1n) is 8.28. The molecular formula is C21H17N3OS. The van der Waals surface area contributed by atoms with Crippen molar-refractivity contribution >= 4 is 22.9 Å². The highest BCUT2D eigenvalue weighted by Crippen LogP contribution is 2.26. The van der Waals surface area contributed by atoms with Crippen molar-refractivity contribution in [3.05, 3.63) is 89.4 Å². The molecule has 0 saturated heterocycles. The van der Waals surface area contributed by atoms with Crippen LogP contribution in [0.2, 0.25) is 0 Å². The van der Waals surface area contributed by atoms with Gasteiger partial charge in [-0.1, -0.05) is 36.4 Å². The Labute approximate surface area is 155 Å². The van der Waals surface area contributed by atoms with Crippen LogP contribution < -0.4 is 5.32 Å². The summed E-state index contributed by atoms with van der Waals surface area (Å²) in [6.45, 7) is 2.00. The van der Waals surface area contributed by atoms with E-state index in [1.165, 1.54) is 0 Å². The molecule has 1 amide bonds. The number of amides is 1. The van der Waals surface area contributed by atoms with Crippen LogP contribution >= 0.6 is 11.3 Å². The lowest BCUT2D eigenvalue weighted by Crippen LogP contribution is -2.17. The molecule has 1 N–H and O–H groups in total. The van der Waals surface area contributed by atoms with E-state index in [1.54, 1.807) is 16.0 Å². The highest BCUT2D eigenvalue weighted by molar-refractivity contribution is 7.13. The third kappa shape index (κ3) is 3.30. The van der Waals surface area contributed by atoms with Crippen LogP contribution in [-0.4, -0.2) is 15.7 Å².